The maximum atomic E-state index is 11.2. The van der Waals surface area contributed by atoms with Crippen molar-refractivity contribution < 1.29 is 20.1 Å². The molecule has 3 N–H and O–H groups in total. The number of hydrogen-bond donors (Lipinski definition) is 3. The molecular weight excluding hydrogens is 340 g/mol. The largest absolute Gasteiger partial charge is 0.481 e. The Morgan fingerprint density at radius 2 is 1.81 bits per heavy atom. The topological polar surface area (TPSA) is 77.8 Å². The molecule has 0 aromatic rings. The Kier molecular flexibility index (Phi) is 12.7. The number of aliphatic carboxylic acids is 1. The second kappa shape index (κ2) is 14.2. The summed E-state index contributed by atoms with van der Waals surface area (Å²) < 4.78 is 0. The number of aliphatic hydroxyl groups excluding tert-OH is 2. The van der Waals surface area contributed by atoms with Gasteiger partial charge in [-0.25, -0.2) is 0 Å². The van der Waals surface area contributed by atoms with E-state index >= 15 is 0 Å². The highest BCUT2D eigenvalue weighted by molar-refractivity contribution is 5.69. The standard InChI is InChI=1S/C23H42O4/c1-3-5-7-12-20(24)16-14-18-15-17-22(25)21(18)13-9-6-8-11-19(10-4-2)23(26)27/h14,19-22,24-25H,3-13,15-17H2,1-2H3,(H,26,27)/t19?,20?,21-,22+/m1/s1. The van der Waals surface area contributed by atoms with Gasteiger partial charge in [0.25, 0.3) is 0 Å². The van der Waals surface area contributed by atoms with Crippen molar-refractivity contribution in [3.05, 3.63) is 11.6 Å². The number of hydrogen-bond acceptors (Lipinski definition) is 3. The van der Waals surface area contributed by atoms with Crippen LogP contribution in [0.2, 0.25) is 0 Å². The van der Waals surface area contributed by atoms with E-state index in [0.29, 0.717) is 6.42 Å². The third-order valence-electron chi connectivity index (χ3n) is 6.02. The second-order valence-electron chi connectivity index (χ2n) is 8.34. The molecule has 4 atom stereocenters. The Hall–Kier alpha value is -0.870. The fraction of sp³-hybridized carbons (Fsp3) is 0.870. The van der Waals surface area contributed by atoms with Crippen molar-refractivity contribution in [1.82, 2.24) is 0 Å². The normalized spacial score (nSPS) is 23.6. The molecule has 1 aliphatic carbocycles. The van der Waals surface area contributed by atoms with Gasteiger partial charge in [-0.3, -0.25) is 4.79 Å². The minimum atomic E-state index is -0.661. The van der Waals surface area contributed by atoms with Gasteiger partial charge in [-0.1, -0.05) is 70.4 Å². The highest BCUT2D eigenvalue weighted by Crippen LogP contribution is 2.36. The van der Waals surface area contributed by atoms with Crippen LogP contribution < -0.4 is 0 Å². The molecule has 0 aromatic carbocycles. The summed E-state index contributed by atoms with van der Waals surface area (Å²) in [5, 5.41) is 29.6. The minimum Gasteiger partial charge on any atom is -0.481 e. The SMILES string of the molecule is CCCCCC(O)CC=C1CC[C@H](O)[C@@H]1CCCCCC(CCC)C(=O)O. The molecule has 0 aromatic heterocycles. The minimum absolute atomic E-state index is 0.197. The van der Waals surface area contributed by atoms with Gasteiger partial charge in [-0.05, 0) is 44.9 Å². The second-order valence-corrected chi connectivity index (χ2v) is 8.34. The van der Waals surface area contributed by atoms with Crippen molar-refractivity contribution in [2.75, 3.05) is 0 Å². The van der Waals surface area contributed by atoms with Crippen molar-refractivity contribution in [2.45, 2.75) is 116 Å². The summed E-state index contributed by atoms with van der Waals surface area (Å²) in [6.07, 6.45) is 14.9. The Bertz CT molecular complexity index is 432. The monoisotopic (exact) mass is 382 g/mol. The van der Waals surface area contributed by atoms with Crippen LogP contribution in [0.1, 0.15) is 104 Å². The van der Waals surface area contributed by atoms with Crippen LogP contribution in [-0.2, 0) is 4.79 Å². The lowest BCUT2D eigenvalue weighted by Crippen LogP contribution is -2.15. The maximum absolute atomic E-state index is 11.2. The summed E-state index contributed by atoms with van der Waals surface area (Å²) in [4.78, 5) is 11.2. The number of carboxylic acids is 1. The van der Waals surface area contributed by atoms with Crippen LogP contribution in [0.4, 0.5) is 0 Å². The van der Waals surface area contributed by atoms with Gasteiger partial charge in [0.15, 0.2) is 0 Å². The molecule has 1 aliphatic rings. The first-order chi connectivity index (χ1) is 13.0. The quantitative estimate of drug-likeness (QED) is 0.259. The summed E-state index contributed by atoms with van der Waals surface area (Å²) in [6, 6.07) is 0. The van der Waals surface area contributed by atoms with E-state index in [1.54, 1.807) is 0 Å². The molecule has 0 saturated heterocycles. The molecular formula is C23H42O4. The summed E-state index contributed by atoms with van der Waals surface area (Å²) in [6.45, 7) is 4.20. The van der Waals surface area contributed by atoms with Gasteiger partial charge >= 0.3 is 5.97 Å². The number of rotatable bonds is 15. The lowest BCUT2D eigenvalue weighted by molar-refractivity contribution is -0.142. The first kappa shape index (κ1) is 24.2. The molecule has 2 unspecified atom stereocenters. The van der Waals surface area contributed by atoms with Crippen LogP contribution in [0.5, 0.6) is 0 Å². The van der Waals surface area contributed by atoms with Crippen LogP contribution in [0.15, 0.2) is 11.6 Å². The van der Waals surface area contributed by atoms with E-state index in [0.717, 1.165) is 70.6 Å². The fourth-order valence-corrected chi connectivity index (χ4v) is 4.29. The third kappa shape index (κ3) is 9.75. The van der Waals surface area contributed by atoms with Crippen molar-refractivity contribution in [3.63, 3.8) is 0 Å². The highest BCUT2D eigenvalue weighted by Gasteiger charge is 2.29. The Morgan fingerprint density at radius 3 is 2.48 bits per heavy atom. The van der Waals surface area contributed by atoms with Crippen molar-refractivity contribution in [1.29, 1.82) is 0 Å². The van der Waals surface area contributed by atoms with Crippen molar-refractivity contribution in [3.8, 4) is 0 Å². The highest BCUT2D eigenvalue weighted by atomic mass is 16.4. The summed E-state index contributed by atoms with van der Waals surface area (Å²) >= 11 is 0. The Balaban J connectivity index is 2.32. The van der Waals surface area contributed by atoms with Gasteiger partial charge in [-0.15, -0.1) is 0 Å². The smallest absolute Gasteiger partial charge is 0.306 e. The summed E-state index contributed by atoms with van der Waals surface area (Å²) in [5.74, 6) is -0.624. The van der Waals surface area contributed by atoms with Gasteiger partial charge in [0.1, 0.15) is 0 Å². The van der Waals surface area contributed by atoms with E-state index in [1.165, 1.54) is 18.4 Å². The molecule has 0 radical (unpaired) electrons. The zero-order valence-electron chi connectivity index (χ0n) is 17.5. The average molecular weight is 383 g/mol. The van der Waals surface area contributed by atoms with Gasteiger partial charge in [0.05, 0.1) is 18.1 Å². The molecule has 0 heterocycles. The molecule has 1 fully saturated rings. The van der Waals surface area contributed by atoms with Crippen LogP contribution >= 0.6 is 0 Å². The zero-order chi connectivity index (χ0) is 20.1. The molecule has 4 heteroatoms. The molecule has 0 bridgehead atoms. The summed E-state index contributed by atoms with van der Waals surface area (Å²) in [5.41, 5.74) is 1.33. The molecule has 4 nitrogen and oxygen atoms in total. The molecule has 1 rings (SSSR count). The lowest BCUT2D eigenvalue weighted by atomic mass is 9.91. The number of aliphatic hydroxyl groups is 2. The average Bonchev–Trinajstić information content (AvgIpc) is 2.98. The predicted octanol–water partition coefficient (Wildman–Crippen LogP) is 5.47. The predicted molar refractivity (Wildman–Crippen MR) is 111 cm³/mol. The fourth-order valence-electron chi connectivity index (χ4n) is 4.29. The van der Waals surface area contributed by atoms with Crippen LogP contribution in [0, 0.1) is 11.8 Å². The first-order valence-electron chi connectivity index (χ1n) is 11.3. The van der Waals surface area contributed by atoms with Crippen molar-refractivity contribution in [2.24, 2.45) is 11.8 Å². The van der Waals surface area contributed by atoms with E-state index in [2.05, 4.69) is 13.0 Å². The number of carbonyl (C=O) groups is 1. The molecule has 0 spiro atoms. The van der Waals surface area contributed by atoms with Gasteiger partial charge in [-0.2, -0.15) is 0 Å². The third-order valence-corrected chi connectivity index (χ3v) is 6.02. The summed E-state index contributed by atoms with van der Waals surface area (Å²) in [7, 11) is 0. The maximum Gasteiger partial charge on any atom is 0.306 e. The molecule has 0 aliphatic heterocycles. The molecule has 27 heavy (non-hydrogen) atoms. The Labute approximate surface area is 166 Å². The van der Waals surface area contributed by atoms with Crippen LogP contribution in [0.3, 0.4) is 0 Å². The van der Waals surface area contributed by atoms with Gasteiger partial charge < -0.3 is 15.3 Å². The first-order valence-corrected chi connectivity index (χ1v) is 11.3. The molecule has 1 saturated carbocycles. The molecule has 0 amide bonds. The van der Waals surface area contributed by atoms with Crippen LogP contribution in [-0.4, -0.2) is 33.5 Å². The molecule has 158 valence electrons. The number of carboxylic acid groups (broad SMARTS) is 1. The van der Waals surface area contributed by atoms with E-state index < -0.39 is 5.97 Å². The van der Waals surface area contributed by atoms with Crippen molar-refractivity contribution >= 4 is 5.97 Å². The lowest BCUT2D eigenvalue weighted by Gasteiger charge is -2.17. The van der Waals surface area contributed by atoms with E-state index in [4.69, 9.17) is 0 Å². The zero-order valence-corrected chi connectivity index (χ0v) is 17.5. The Morgan fingerprint density at radius 1 is 1.07 bits per heavy atom. The van der Waals surface area contributed by atoms with Crippen LogP contribution in [0.25, 0.3) is 0 Å². The van der Waals surface area contributed by atoms with E-state index in [-0.39, 0.29) is 24.0 Å². The van der Waals surface area contributed by atoms with E-state index in [1.807, 2.05) is 6.92 Å². The van der Waals surface area contributed by atoms with E-state index in [9.17, 15) is 20.1 Å². The van der Waals surface area contributed by atoms with Gasteiger partial charge in [0.2, 0.25) is 0 Å². The van der Waals surface area contributed by atoms with Gasteiger partial charge in [0, 0.05) is 5.92 Å². The number of unbranched alkanes of at least 4 members (excludes halogenated alkanes) is 4.